The van der Waals surface area contributed by atoms with E-state index in [1.54, 1.807) is 6.07 Å². The summed E-state index contributed by atoms with van der Waals surface area (Å²) in [5.74, 6) is -0.508. The molecule has 2 rings (SSSR count). The van der Waals surface area contributed by atoms with Crippen LogP contribution in [0.4, 0.5) is 10.5 Å². The molecular formula is C12H13BrN2O3. The lowest BCUT2D eigenvalue weighted by Gasteiger charge is -2.09. The van der Waals surface area contributed by atoms with E-state index < -0.39 is 5.97 Å². The highest BCUT2D eigenvalue weighted by atomic mass is 79.9. The predicted octanol–water partition coefficient (Wildman–Crippen LogP) is 2.68. The molecule has 96 valence electrons. The van der Waals surface area contributed by atoms with E-state index in [2.05, 4.69) is 33.5 Å². The second-order valence-corrected chi connectivity index (χ2v) is 5.27. The summed E-state index contributed by atoms with van der Waals surface area (Å²) in [5, 5.41) is 14.3. The molecule has 2 unspecified atom stereocenters. The number of hydrogen-bond acceptors (Lipinski definition) is 2. The maximum absolute atomic E-state index is 11.7. The molecule has 1 aromatic rings. The molecule has 2 atom stereocenters. The number of carbonyl (C=O) groups excluding carboxylic acids is 1. The molecule has 0 heterocycles. The number of hydrogen-bond donors (Lipinski definition) is 3. The van der Waals surface area contributed by atoms with Crippen LogP contribution in [0.3, 0.4) is 0 Å². The highest BCUT2D eigenvalue weighted by Crippen LogP contribution is 2.29. The molecule has 1 aliphatic carbocycles. The van der Waals surface area contributed by atoms with Crippen molar-refractivity contribution in [2.45, 2.75) is 19.4 Å². The van der Waals surface area contributed by atoms with Crippen LogP contribution in [0.25, 0.3) is 0 Å². The average Bonchev–Trinajstić information content (AvgIpc) is 2.97. The molecule has 2 amide bonds. The lowest BCUT2D eigenvalue weighted by atomic mass is 10.2. The van der Waals surface area contributed by atoms with Crippen LogP contribution in [0.1, 0.15) is 23.7 Å². The van der Waals surface area contributed by atoms with Gasteiger partial charge in [-0.05, 0) is 46.5 Å². The Balaban J connectivity index is 2.05. The van der Waals surface area contributed by atoms with Crippen molar-refractivity contribution in [2.75, 3.05) is 5.32 Å². The van der Waals surface area contributed by atoms with E-state index in [1.165, 1.54) is 12.1 Å². The maximum Gasteiger partial charge on any atom is 0.335 e. The third-order valence-corrected chi connectivity index (χ3v) is 3.58. The third kappa shape index (κ3) is 3.01. The highest BCUT2D eigenvalue weighted by Gasteiger charge is 2.33. The predicted molar refractivity (Wildman–Crippen MR) is 70.8 cm³/mol. The van der Waals surface area contributed by atoms with Crippen LogP contribution in [0.15, 0.2) is 22.7 Å². The Labute approximate surface area is 113 Å². The van der Waals surface area contributed by atoms with Crippen molar-refractivity contribution < 1.29 is 14.7 Å². The van der Waals surface area contributed by atoms with E-state index in [4.69, 9.17) is 5.11 Å². The zero-order chi connectivity index (χ0) is 13.3. The number of amides is 2. The molecule has 5 nitrogen and oxygen atoms in total. The minimum atomic E-state index is -1.03. The molecule has 18 heavy (non-hydrogen) atoms. The fourth-order valence-corrected chi connectivity index (χ4v) is 1.95. The summed E-state index contributed by atoms with van der Waals surface area (Å²) in [6.45, 7) is 2.06. The quantitative estimate of drug-likeness (QED) is 0.803. The number of anilines is 1. The first-order valence-corrected chi connectivity index (χ1v) is 6.37. The van der Waals surface area contributed by atoms with Gasteiger partial charge in [0.15, 0.2) is 0 Å². The van der Waals surface area contributed by atoms with Gasteiger partial charge in [-0.25, -0.2) is 9.59 Å². The van der Waals surface area contributed by atoms with Crippen molar-refractivity contribution >= 4 is 33.6 Å². The van der Waals surface area contributed by atoms with Crippen LogP contribution >= 0.6 is 15.9 Å². The van der Waals surface area contributed by atoms with Crippen molar-refractivity contribution in [1.82, 2.24) is 5.32 Å². The number of carbonyl (C=O) groups is 2. The second-order valence-electron chi connectivity index (χ2n) is 4.42. The van der Waals surface area contributed by atoms with Crippen molar-refractivity contribution in [1.29, 1.82) is 0 Å². The van der Waals surface area contributed by atoms with Crippen LogP contribution in [0.2, 0.25) is 0 Å². The van der Waals surface area contributed by atoms with Gasteiger partial charge in [-0.15, -0.1) is 0 Å². The van der Waals surface area contributed by atoms with Gasteiger partial charge >= 0.3 is 12.0 Å². The lowest BCUT2D eigenvalue weighted by Crippen LogP contribution is -2.31. The summed E-state index contributed by atoms with van der Waals surface area (Å²) in [6, 6.07) is 4.40. The topological polar surface area (TPSA) is 78.4 Å². The van der Waals surface area contributed by atoms with Gasteiger partial charge in [-0.2, -0.15) is 0 Å². The van der Waals surface area contributed by atoms with Gasteiger partial charge < -0.3 is 15.7 Å². The Kier molecular flexibility index (Phi) is 3.56. The van der Waals surface area contributed by atoms with E-state index in [1.807, 2.05) is 0 Å². The zero-order valence-electron chi connectivity index (χ0n) is 9.74. The summed E-state index contributed by atoms with van der Waals surface area (Å²) in [4.78, 5) is 22.5. The number of halogens is 1. The van der Waals surface area contributed by atoms with Crippen LogP contribution in [-0.4, -0.2) is 23.1 Å². The number of carboxylic acids is 1. The van der Waals surface area contributed by atoms with Crippen molar-refractivity contribution in [3.05, 3.63) is 28.2 Å². The monoisotopic (exact) mass is 312 g/mol. The molecule has 0 aliphatic heterocycles. The lowest BCUT2D eigenvalue weighted by molar-refractivity contribution is 0.0697. The van der Waals surface area contributed by atoms with Gasteiger partial charge in [0.25, 0.3) is 0 Å². The number of benzene rings is 1. The first kappa shape index (κ1) is 12.9. The minimum absolute atomic E-state index is 0.133. The molecule has 1 saturated carbocycles. The Morgan fingerprint density at radius 2 is 2.11 bits per heavy atom. The molecule has 1 fully saturated rings. The molecule has 0 bridgehead atoms. The number of aromatic carboxylic acids is 1. The Bertz CT molecular complexity index is 504. The van der Waals surface area contributed by atoms with Crippen LogP contribution < -0.4 is 10.6 Å². The fourth-order valence-electron chi connectivity index (χ4n) is 1.60. The number of urea groups is 1. The van der Waals surface area contributed by atoms with E-state index in [-0.39, 0.29) is 17.6 Å². The maximum atomic E-state index is 11.7. The van der Waals surface area contributed by atoms with Crippen molar-refractivity contribution in [3.63, 3.8) is 0 Å². The first-order chi connectivity index (χ1) is 8.47. The summed E-state index contributed by atoms with van der Waals surface area (Å²) in [7, 11) is 0. The van der Waals surface area contributed by atoms with Crippen molar-refractivity contribution in [2.24, 2.45) is 5.92 Å². The molecule has 0 aromatic heterocycles. The van der Waals surface area contributed by atoms with E-state index >= 15 is 0 Å². The Morgan fingerprint density at radius 1 is 1.44 bits per heavy atom. The standard InChI is InChI=1S/C12H13BrN2O3/c1-6-4-9(6)14-12(18)15-10-5-7(11(16)17)2-3-8(10)13/h2-3,5-6,9H,4H2,1H3,(H,16,17)(H2,14,15,18). The number of rotatable bonds is 3. The Morgan fingerprint density at radius 3 is 2.67 bits per heavy atom. The summed E-state index contributed by atoms with van der Waals surface area (Å²) in [6.07, 6.45) is 0.990. The molecule has 0 saturated heterocycles. The molecule has 1 aromatic carbocycles. The van der Waals surface area contributed by atoms with E-state index in [0.717, 1.165) is 6.42 Å². The van der Waals surface area contributed by atoms with Crippen LogP contribution in [-0.2, 0) is 0 Å². The van der Waals surface area contributed by atoms with Gasteiger partial charge in [0.2, 0.25) is 0 Å². The molecule has 0 spiro atoms. The Hall–Kier alpha value is -1.56. The first-order valence-electron chi connectivity index (χ1n) is 5.57. The number of carboxylic acid groups (broad SMARTS) is 1. The van der Waals surface area contributed by atoms with E-state index in [0.29, 0.717) is 16.1 Å². The van der Waals surface area contributed by atoms with E-state index in [9.17, 15) is 9.59 Å². The zero-order valence-corrected chi connectivity index (χ0v) is 11.3. The SMILES string of the molecule is CC1CC1NC(=O)Nc1cc(C(=O)O)ccc1Br. The molecule has 6 heteroatoms. The van der Waals surface area contributed by atoms with Crippen LogP contribution in [0.5, 0.6) is 0 Å². The second kappa shape index (κ2) is 4.97. The summed E-state index contributed by atoms with van der Waals surface area (Å²) in [5.41, 5.74) is 0.578. The smallest absolute Gasteiger partial charge is 0.335 e. The molecule has 0 radical (unpaired) electrons. The molecular weight excluding hydrogens is 300 g/mol. The van der Waals surface area contributed by atoms with Gasteiger partial charge in [0, 0.05) is 10.5 Å². The average molecular weight is 313 g/mol. The van der Waals surface area contributed by atoms with Gasteiger partial charge in [0.05, 0.1) is 11.3 Å². The van der Waals surface area contributed by atoms with Crippen molar-refractivity contribution in [3.8, 4) is 0 Å². The summed E-state index contributed by atoms with van der Waals surface area (Å²) < 4.78 is 0.645. The molecule has 1 aliphatic rings. The van der Waals surface area contributed by atoms with Gasteiger partial charge in [-0.1, -0.05) is 6.92 Å². The fraction of sp³-hybridized carbons (Fsp3) is 0.333. The third-order valence-electron chi connectivity index (χ3n) is 2.89. The van der Waals surface area contributed by atoms with Gasteiger partial charge in [-0.3, -0.25) is 0 Å². The highest BCUT2D eigenvalue weighted by molar-refractivity contribution is 9.10. The number of nitrogens with one attached hydrogen (secondary N) is 2. The minimum Gasteiger partial charge on any atom is -0.478 e. The summed E-state index contributed by atoms with van der Waals surface area (Å²) >= 11 is 3.27. The normalized spacial score (nSPS) is 21.2. The largest absolute Gasteiger partial charge is 0.478 e. The van der Waals surface area contributed by atoms with Crippen LogP contribution in [0, 0.1) is 5.92 Å². The van der Waals surface area contributed by atoms with Gasteiger partial charge in [0.1, 0.15) is 0 Å². The molecule has 3 N–H and O–H groups in total.